The molecular formula is C37H48N2O16. The summed E-state index contributed by atoms with van der Waals surface area (Å²) in [6, 6.07) is 3.53. The summed E-state index contributed by atoms with van der Waals surface area (Å²) >= 11 is 0. The van der Waals surface area contributed by atoms with E-state index in [2.05, 4.69) is 4.90 Å². The first-order chi connectivity index (χ1) is 26.2. The van der Waals surface area contributed by atoms with Crippen LogP contribution < -0.4 is 10.2 Å². The Morgan fingerprint density at radius 2 is 1.31 bits per heavy atom. The summed E-state index contributed by atoms with van der Waals surface area (Å²) in [5, 5.41) is 107. The second-order valence-electron chi connectivity index (χ2n) is 14.8. The van der Waals surface area contributed by atoms with E-state index in [1.165, 1.54) is 13.0 Å². The smallest absolute Gasteiger partial charge is 0.239 e. The second-order valence-corrected chi connectivity index (χ2v) is 14.8. The summed E-state index contributed by atoms with van der Waals surface area (Å²) in [5.74, 6) is -2.87. The van der Waals surface area contributed by atoms with Crippen molar-refractivity contribution in [3.8, 4) is 40.1 Å². The molecule has 4 saturated heterocycles. The minimum Gasteiger partial charge on any atom is -0.507 e. The number of phenolic OH excluding ortho intramolecular Hbond substituents is 4. The van der Waals surface area contributed by atoms with Crippen LogP contribution in [0.3, 0.4) is 0 Å². The number of aromatic hydroxyl groups is 4. The second kappa shape index (κ2) is 16.0. The van der Waals surface area contributed by atoms with E-state index >= 15 is 0 Å². The van der Waals surface area contributed by atoms with Crippen LogP contribution in [0.2, 0.25) is 0 Å². The summed E-state index contributed by atoms with van der Waals surface area (Å²) in [6.07, 6.45) is -12.6. The molecule has 4 fully saturated rings. The van der Waals surface area contributed by atoms with E-state index in [0.717, 1.165) is 50.9 Å². The maximum Gasteiger partial charge on any atom is 0.239 e. The summed E-state index contributed by atoms with van der Waals surface area (Å²) in [7, 11) is 0. The minimum atomic E-state index is -1.99. The van der Waals surface area contributed by atoms with Gasteiger partial charge >= 0.3 is 0 Å². The van der Waals surface area contributed by atoms with Crippen molar-refractivity contribution in [2.24, 2.45) is 0 Å². The van der Waals surface area contributed by atoms with E-state index in [9.17, 15) is 55.9 Å². The molecule has 0 aliphatic carbocycles. The Hall–Kier alpha value is -3.79. The normalized spacial score (nSPS) is 32.1. The molecule has 5 heterocycles. The van der Waals surface area contributed by atoms with Gasteiger partial charge in [0.05, 0.1) is 23.8 Å². The van der Waals surface area contributed by atoms with Crippen LogP contribution in [0.5, 0.6) is 28.7 Å². The Morgan fingerprint density at radius 1 is 0.709 bits per heavy atom. The maximum absolute atomic E-state index is 14.7. The third-order valence-corrected chi connectivity index (χ3v) is 11.0. The predicted octanol–water partition coefficient (Wildman–Crippen LogP) is -0.495. The average molecular weight is 777 g/mol. The van der Waals surface area contributed by atoms with Gasteiger partial charge in [-0.15, -0.1) is 0 Å². The molecule has 0 saturated carbocycles. The molecule has 18 heteroatoms. The molecule has 2 aromatic carbocycles. The van der Waals surface area contributed by atoms with Gasteiger partial charge in [0.1, 0.15) is 59.6 Å². The highest BCUT2D eigenvalue weighted by Gasteiger charge is 2.48. The van der Waals surface area contributed by atoms with Crippen LogP contribution in [0.15, 0.2) is 27.4 Å². The number of ether oxygens (including phenoxy) is 4. The maximum atomic E-state index is 14.7. The average Bonchev–Trinajstić information content (AvgIpc) is 3.89. The molecule has 4 aliphatic rings. The number of fused-ring (bicyclic) bond motifs is 1. The SMILES string of the molecule is C[C@@H]1O[C@@H](OC[C@H]2O[C@@H](Oc3c(-c4ccc(O)c(O)c4)oc4c(CN5CCCC5)c(O)c(CN5CCCC5)c(O)c4c3=O)[C@H](O)[C@@H](O)[C@@H]2O)[C@H](O)[C@H](O)[C@H]1O. The third kappa shape index (κ3) is 7.56. The van der Waals surface area contributed by atoms with Gasteiger partial charge in [-0.25, -0.2) is 0 Å². The number of hydrogen-bond acceptors (Lipinski definition) is 18. The lowest BCUT2D eigenvalue weighted by atomic mass is 9.98. The Morgan fingerprint density at radius 3 is 1.95 bits per heavy atom. The van der Waals surface area contributed by atoms with Gasteiger partial charge in [-0.3, -0.25) is 14.6 Å². The lowest BCUT2D eigenvalue weighted by Crippen LogP contribution is -2.61. The van der Waals surface area contributed by atoms with Crippen molar-refractivity contribution in [2.75, 3.05) is 32.8 Å². The summed E-state index contributed by atoms with van der Waals surface area (Å²) in [4.78, 5) is 18.8. The van der Waals surface area contributed by atoms with Crippen molar-refractivity contribution in [1.29, 1.82) is 0 Å². The predicted molar refractivity (Wildman–Crippen MR) is 189 cm³/mol. The Labute approximate surface area is 314 Å². The molecular weight excluding hydrogens is 728 g/mol. The number of hydrogen-bond donors (Lipinski definition) is 10. The first kappa shape index (κ1) is 39.4. The molecule has 0 radical (unpaired) electrons. The number of likely N-dealkylation sites (tertiary alicyclic amines) is 2. The van der Waals surface area contributed by atoms with Crippen LogP contribution in [0.1, 0.15) is 43.7 Å². The van der Waals surface area contributed by atoms with Gasteiger partial charge in [0.2, 0.25) is 17.5 Å². The molecule has 3 aromatic rings. The molecule has 4 aliphatic heterocycles. The molecule has 18 nitrogen and oxygen atoms in total. The summed E-state index contributed by atoms with van der Waals surface area (Å²) in [5.41, 5.74) is -0.774. The number of nitrogens with zero attached hydrogens (tertiary/aromatic N) is 2. The molecule has 0 unspecified atom stereocenters. The van der Waals surface area contributed by atoms with Crippen molar-refractivity contribution in [3.63, 3.8) is 0 Å². The molecule has 1 aromatic heterocycles. The van der Waals surface area contributed by atoms with Crippen molar-refractivity contribution in [2.45, 2.75) is 107 Å². The van der Waals surface area contributed by atoms with Gasteiger partial charge in [0.25, 0.3) is 0 Å². The molecule has 10 atom stereocenters. The van der Waals surface area contributed by atoms with E-state index in [4.69, 9.17) is 23.4 Å². The molecule has 55 heavy (non-hydrogen) atoms. The number of aliphatic hydroxyl groups excluding tert-OH is 6. The van der Waals surface area contributed by atoms with Crippen LogP contribution in [0, 0.1) is 0 Å². The first-order valence-electron chi connectivity index (χ1n) is 18.5. The van der Waals surface area contributed by atoms with Crippen LogP contribution >= 0.6 is 0 Å². The monoisotopic (exact) mass is 776 g/mol. The number of benzene rings is 2. The van der Waals surface area contributed by atoms with Gasteiger partial charge in [-0.2, -0.15) is 0 Å². The van der Waals surface area contributed by atoms with Crippen LogP contribution in [-0.2, 0) is 27.3 Å². The zero-order valence-corrected chi connectivity index (χ0v) is 30.1. The van der Waals surface area contributed by atoms with E-state index in [1.54, 1.807) is 0 Å². The standard InChI is InChI=1S/C37H48N2O16/c1-16-24(42)29(47)31(49)36(52-16)51-15-22-27(45)30(48)32(50)37(53-22)55-35-28(46)23-26(44)18(13-38-8-2-3-9-38)25(43)19(14-39-10-4-5-11-39)34(23)54-33(35)17-6-7-20(40)21(41)12-17/h6-7,12,16,22,24,27,29-32,36-37,40-45,47-50H,2-5,8-11,13-15H2,1H3/t16-,22+,24-,27+,29+,30-,31+,32+,36+,37-/m0/s1. The fourth-order valence-electron chi connectivity index (χ4n) is 7.69. The highest BCUT2D eigenvalue weighted by molar-refractivity contribution is 5.93. The van der Waals surface area contributed by atoms with Gasteiger partial charge < -0.3 is 74.4 Å². The fourth-order valence-corrected chi connectivity index (χ4v) is 7.69. The van der Waals surface area contributed by atoms with Gasteiger partial charge in [-0.1, -0.05) is 0 Å². The van der Waals surface area contributed by atoms with Crippen molar-refractivity contribution < 1.29 is 74.4 Å². The first-order valence-corrected chi connectivity index (χ1v) is 18.5. The fraction of sp³-hybridized carbons (Fsp3) is 0.595. The van der Waals surface area contributed by atoms with E-state index in [1.807, 2.05) is 4.90 Å². The lowest BCUT2D eigenvalue weighted by Gasteiger charge is -2.42. The van der Waals surface area contributed by atoms with Gasteiger partial charge in [0.15, 0.2) is 29.1 Å². The highest BCUT2D eigenvalue weighted by atomic mass is 16.7. The zero-order valence-electron chi connectivity index (χ0n) is 30.1. The lowest BCUT2D eigenvalue weighted by molar-refractivity contribution is -0.318. The minimum absolute atomic E-state index is 0.000566. The largest absolute Gasteiger partial charge is 0.507 e. The molecule has 0 amide bonds. The molecule has 10 N–H and O–H groups in total. The topological polar surface area (TPSA) is 276 Å². The Balaban J connectivity index is 1.30. The number of rotatable bonds is 10. The quantitative estimate of drug-likeness (QED) is 0.116. The van der Waals surface area contributed by atoms with E-state index in [-0.39, 0.29) is 52.3 Å². The summed E-state index contributed by atoms with van der Waals surface area (Å²) in [6.45, 7) is 4.01. The van der Waals surface area contributed by atoms with Crippen molar-refractivity contribution >= 4 is 11.0 Å². The molecule has 0 bridgehead atoms. The Bertz CT molecular complexity index is 1910. The van der Waals surface area contributed by atoms with Gasteiger partial charge in [-0.05, 0) is 77.0 Å². The van der Waals surface area contributed by atoms with E-state index in [0.29, 0.717) is 13.1 Å². The molecule has 302 valence electrons. The number of phenols is 4. The highest BCUT2D eigenvalue weighted by Crippen LogP contribution is 2.45. The van der Waals surface area contributed by atoms with Gasteiger partial charge in [0, 0.05) is 18.7 Å². The molecule has 0 spiro atoms. The van der Waals surface area contributed by atoms with Crippen LogP contribution in [0.4, 0.5) is 0 Å². The zero-order chi connectivity index (χ0) is 39.3. The van der Waals surface area contributed by atoms with Crippen molar-refractivity contribution in [1.82, 2.24) is 9.80 Å². The molecule has 7 rings (SSSR count). The Kier molecular flexibility index (Phi) is 11.5. The third-order valence-electron chi connectivity index (χ3n) is 11.0. The van der Waals surface area contributed by atoms with Crippen molar-refractivity contribution in [3.05, 3.63) is 39.5 Å². The van der Waals surface area contributed by atoms with Crippen LogP contribution in [-0.4, -0.2) is 155 Å². The number of aliphatic hydroxyl groups is 6. The van der Waals surface area contributed by atoms with E-state index < -0.39 is 96.4 Å². The van der Waals surface area contributed by atoms with Crippen LogP contribution in [0.25, 0.3) is 22.3 Å². The summed E-state index contributed by atoms with van der Waals surface area (Å²) < 4.78 is 29.2.